The smallest absolute Gasteiger partial charge is 0.311 e. The van der Waals surface area contributed by atoms with Crippen molar-refractivity contribution in [3.63, 3.8) is 0 Å². The van der Waals surface area contributed by atoms with E-state index in [9.17, 15) is 10.1 Å². The van der Waals surface area contributed by atoms with Gasteiger partial charge in [-0.15, -0.1) is 0 Å². The number of pyridine rings is 1. The lowest BCUT2D eigenvalue weighted by Crippen LogP contribution is -2.27. The normalized spacial score (nSPS) is 22.4. The largest absolute Gasteiger partial charge is 0.370 e. The average molecular weight is 292 g/mol. The number of nitrogens with one attached hydrogen (secondary N) is 2. The Bertz CT molecular complexity index is 493. The van der Waals surface area contributed by atoms with Crippen molar-refractivity contribution in [2.75, 3.05) is 17.2 Å². The Morgan fingerprint density at radius 2 is 2.10 bits per heavy atom. The highest BCUT2D eigenvalue weighted by Gasteiger charge is 2.24. The zero-order valence-electron chi connectivity index (χ0n) is 12.8. The van der Waals surface area contributed by atoms with Gasteiger partial charge < -0.3 is 10.6 Å². The van der Waals surface area contributed by atoms with Crippen LogP contribution in [0.5, 0.6) is 0 Å². The molecule has 2 N–H and O–H groups in total. The van der Waals surface area contributed by atoms with Crippen LogP contribution in [-0.4, -0.2) is 22.5 Å². The summed E-state index contributed by atoms with van der Waals surface area (Å²) >= 11 is 0. The second-order valence-corrected chi connectivity index (χ2v) is 5.72. The monoisotopic (exact) mass is 292 g/mol. The van der Waals surface area contributed by atoms with Crippen LogP contribution < -0.4 is 10.6 Å². The van der Waals surface area contributed by atoms with Crippen molar-refractivity contribution in [2.24, 2.45) is 5.92 Å². The predicted molar refractivity (Wildman–Crippen MR) is 84.7 cm³/mol. The molecule has 1 aliphatic rings. The minimum Gasteiger partial charge on any atom is -0.370 e. The van der Waals surface area contributed by atoms with Gasteiger partial charge in [-0.25, -0.2) is 4.98 Å². The number of rotatable bonds is 5. The lowest BCUT2D eigenvalue weighted by atomic mass is 9.97. The van der Waals surface area contributed by atoms with Gasteiger partial charge in [0.2, 0.25) is 5.82 Å². The van der Waals surface area contributed by atoms with Gasteiger partial charge in [0.25, 0.3) is 0 Å². The Balaban J connectivity index is 2.22. The molecule has 0 aliphatic heterocycles. The molecule has 116 valence electrons. The van der Waals surface area contributed by atoms with E-state index in [1.807, 2.05) is 6.92 Å². The van der Waals surface area contributed by atoms with Crippen LogP contribution >= 0.6 is 0 Å². The van der Waals surface area contributed by atoms with E-state index in [0.717, 1.165) is 13.0 Å². The molecule has 0 spiro atoms. The Morgan fingerprint density at radius 1 is 1.33 bits per heavy atom. The summed E-state index contributed by atoms with van der Waals surface area (Å²) in [6.07, 6.45) is 5.87. The van der Waals surface area contributed by atoms with Crippen LogP contribution in [0.1, 0.15) is 46.0 Å². The minimum atomic E-state index is -0.369. The van der Waals surface area contributed by atoms with Crippen molar-refractivity contribution in [2.45, 2.75) is 52.0 Å². The van der Waals surface area contributed by atoms with E-state index in [4.69, 9.17) is 0 Å². The van der Waals surface area contributed by atoms with E-state index in [-0.39, 0.29) is 16.7 Å². The molecule has 0 bridgehead atoms. The van der Waals surface area contributed by atoms with Crippen molar-refractivity contribution >= 4 is 17.3 Å². The molecule has 0 saturated heterocycles. The summed E-state index contributed by atoms with van der Waals surface area (Å²) < 4.78 is 0. The third-order valence-electron chi connectivity index (χ3n) is 4.11. The fourth-order valence-electron chi connectivity index (χ4n) is 2.87. The topological polar surface area (TPSA) is 80.1 Å². The molecule has 1 saturated carbocycles. The van der Waals surface area contributed by atoms with Crippen molar-refractivity contribution in [3.05, 3.63) is 22.2 Å². The van der Waals surface area contributed by atoms with Gasteiger partial charge in [-0.3, -0.25) is 10.1 Å². The summed E-state index contributed by atoms with van der Waals surface area (Å²) in [5, 5.41) is 17.6. The van der Waals surface area contributed by atoms with E-state index >= 15 is 0 Å². The number of aromatic nitrogens is 1. The molecule has 1 aromatic rings. The Hall–Kier alpha value is -1.85. The molecule has 6 nitrogen and oxygen atoms in total. The number of anilines is 2. The lowest BCUT2D eigenvalue weighted by Gasteiger charge is -2.23. The highest BCUT2D eigenvalue weighted by molar-refractivity contribution is 5.60. The Kier molecular flexibility index (Phi) is 5.36. The molecule has 1 heterocycles. The molecule has 0 aromatic carbocycles. The highest BCUT2D eigenvalue weighted by atomic mass is 16.6. The van der Waals surface area contributed by atoms with Crippen LogP contribution in [0, 0.1) is 16.0 Å². The molecular formula is C15H24N4O2. The summed E-state index contributed by atoms with van der Waals surface area (Å²) in [7, 11) is 0. The van der Waals surface area contributed by atoms with Crippen LogP contribution in [-0.2, 0) is 0 Å². The van der Waals surface area contributed by atoms with Gasteiger partial charge in [0.15, 0.2) is 0 Å². The SMILES string of the molecule is CCNc1ccc([N+](=O)[O-])c(NC2CCCCCC2C)n1. The third kappa shape index (κ3) is 4.06. The molecule has 1 fully saturated rings. The zero-order chi connectivity index (χ0) is 15.2. The van der Waals surface area contributed by atoms with Gasteiger partial charge in [-0.2, -0.15) is 0 Å². The molecular weight excluding hydrogens is 268 g/mol. The lowest BCUT2D eigenvalue weighted by molar-refractivity contribution is -0.384. The molecule has 1 aliphatic carbocycles. The van der Waals surface area contributed by atoms with E-state index in [1.54, 1.807) is 6.07 Å². The van der Waals surface area contributed by atoms with Crippen molar-refractivity contribution in [1.29, 1.82) is 0 Å². The first kappa shape index (κ1) is 15.5. The quantitative estimate of drug-likeness (QED) is 0.490. The number of hydrogen-bond acceptors (Lipinski definition) is 5. The van der Waals surface area contributed by atoms with Crippen LogP contribution in [0.15, 0.2) is 12.1 Å². The summed E-state index contributed by atoms with van der Waals surface area (Å²) in [5.41, 5.74) is 0.0492. The van der Waals surface area contributed by atoms with Crippen LogP contribution in [0.2, 0.25) is 0 Å². The standard InChI is InChI=1S/C15H24N4O2/c1-3-16-14-10-9-13(19(20)21)15(18-14)17-12-8-6-4-5-7-11(12)2/h9-12H,3-8H2,1-2H3,(H2,16,17,18). The maximum absolute atomic E-state index is 11.2. The summed E-state index contributed by atoms with van der Waals surface area (Å²) in [6, 6.07) is 3.44. The molecule has 2 unspecified atom stereocenters. The van der Waals surface area contributed by atoms with Gasteiger partial charge in [0, 0.05) is 18.7 Å². The molecule has 1 aromatic heterocycles. The fraction of sp³-hybridized carbons (Fsp3) is 0.667. The molecule has 0 amide bonds. The molecule has 2 atom stereocenters. The second-order valence-electron chi connectivity index (χ2n) is 5.72. The summed E-state index contributed by atoms with van der Waals surface area (Å²) in [4.78, 5) is 15.2. The maximum atomic E-state index is 11.2. The number of hydrogen-bond donors (Lipinski definition) is 2. The van der Waals surface area contributed by atoms with Gasteiger partial charge in [0.1, 0.15) is 5.82 Å². The fourth-order valence-corrected chi connectivity index (χ4v) is 2.87. The van der Waals surface area contributed by atoms with Gasteiger partial charge in [-0.1, -0.05) is 26.2 Å². The van der Waals surface area contributed by atoms with Crippen molar-refractivity contribution < 1.29 is 4.92 Å². The average Bonchev–Trinajstić information content (AvgIpc) is 2.64. The van der Waals surface area contributed by atoms with Gasteiger partial charge in [0.05, 0.1) is 4.92 Å². The van der Waals surface area contributed by atoms with E-state index < -0.39 is 0 Å². The van der Waals surface area contributed by atoms with Crippen LogP contribution in [0.3, 0.4) is 0 Å². The third-order valence-corrected chi connectivity index (χ3v) is 4.11. The summed E-state index contributed by atoms with van der Waals surface area (Å²) in [6.45, 7) is 4.93. The van der Waals surface area contributed by atoms with E-state index in [1.165, 1.54) is 31.7 Å². The van der Waals surface area contributed by atoms with Crippen molar-refractivity contribution in [3.8, 4) is 0 Å². The van der Waals surface area contributed by atoms with Gasteiger partial charge >= 0.3 is 5.69 Å². The van der Waals surface area contributed by atoms with E-state index in [0.29, 0.717) is 17.6 Å². The van der Waals surface area contributed by atoms with Crippen molar-refractivity contribution in [1.82, 2.24) is 4.98 Å². The molecule has 21 heavy (non-hydrogen) atoms. The van der Waals surface area contributed by atoms with Crippen LogP contribution in [0.25, 0.3) is 0 Å². The highest BCUT2D eigenvalue weighted by Crippen LogP contribution is 2.30. The first-order valence-electron chi connectivity index (χ1n) is 7.77. The molecule has 0 radical (unpaired) electrons. The maximum Gasteiger partial charge on any atom is 0.311 e. The molecule has 2 rings (SSSR count). The minimum absolute atomic E-state index is 0.0492. The zero-order valence-corrected chi connectivity index (χ0v) is 12.8. The molecule has 6 heteroatoms. The van der Waals surface area contributed by atoms with Crippen LogP contribution in [0.4, 0.5) is 17.3 Å². The van der Waals surface area contributed by atoms with E-state index in [2.05, 4.69) is 22.5 Å². The number of nitrogens with zero attached hydrogens (tertiary/aromatic N) is 2. The Morgan fingerprint density at radius 3 is 2.81 bits per heavy atom. The van der Waals surface area contributed by atoms with Gasteiger partial charge in [-0.05, 0) is 31.7 Å². The summed E-state index contributed by atoms with van der Waals surface area (Å²) in [5.74, 6) is 1.57. The first-order valence-corrected chi connectivity index (χ1v) is 7.77. The second kappa shape index (κ2) is 7.24. The Labute approximate surface area is 125 Å². The predicted octanol–water partition coefficient (Wildman–Crippen LogP) is 3.80. The number of nitro groups is 1. The first-order chi connectivity index (χ1) is 10.1.